The highest BCUT2D eigenvalue weighted by atomic mass is 16.4. The Hall–Kier alpha value is -1.32. The lowest BCUT2D eigenvalue weighted by Crippen LogP contribution is -2.29. The van der Waals surface area contributed by atoms with E-state index < -0.39 is 23.8 Å². The van der Waals surface area contributed by atoms with Crippen molar-refractivity contribution in [2.75, 3.05) is 0 Å². The van der Waals surface area contributed by atoms with Gasteiger partial charge in [-0.2, -0.15) is 0 Å². The molecule has 0 aliphatic carbocycles. The van der Waals surface area contributed by atoms with E-state index in [0.29, 0.717) is 18.4 Å². The number of carbonyl (C=O) groups is 2. The second kappa shape index (κ2) is 6.22. The summed E-state index contributed by atoms with van der Waals surface area (Å²) in [6, 6.07) is 0. The molecule has 15 heavy (non-hydrogen) atoms. The summed E-state index contributed by atoms with van der Waals surface area (Å²) in [5.41, 5.74) is 0.657. The molecule has 0 aliphatic rings. The van der Waals surface area contributed by atoms with Crippen molar-refractivity contribution in [2.24, 2.45) is 11.8 Å². The van der Waals surface area contributed by atoms with E-state index in [9.17, 15) is 9.59 Å². The van der Waals surface area contributed by atoms with E-state index in [1.54, 1.807) is 19.9 Å². The van der Waals surface area contributed by atoms with Crippen molar-refractivity contribution >= 4 is 11.9 Å². The van der Waals surface area contributed by atoms with E-state index in [-0.39, 0.29) is 0 Å². The van der Waals surface area contributed by atoms with Gasteiger partial charge in [-0.1, -0.05) is 18.6 Å². The number of allylic oxidation sites excluding steroid dienone is 2. The van der Waals surface area contributed by atoms with Crippen LogP contribution in [0.4, 0.5) is 0 Å². The molecule has 0 saturated carbocycles. The number of hydrogen-bond donors (Lipinski definition) is 2. The van der Waals surface area contributed by atoms with Crippen LogP contribution in [0.1, 0.15) is 26.7 Å². The van der Waals surface area contributed by atoms with E-state index in [2.05, 4.69) is 0 Å². The van der Waals surface area contributed by atoms with Gasteiger partial charge in [0.25, 0.3) is 0 Å². The molecule has 0 aromatic rings. The van der Waals surface area contributed by atoms with Crippen molar-refractivity contribution in [3.8, 4) is 0 Å². The molecule has 0 aromatic carbocycles. The topological polar surface area (TPSA) is 74.6 Å². The molecule has 0 bridgehead atoms. The molecular formula is C11H16O4. The lowest BCUT2D eigenvalue weighted by molar-refractivity contribution is -0.157. The average molecular weight is 212 g/mol. The van der Waals surface area contributed by atoms with Gasteiger partial charge in [-0.25, -0.2) is 0 Å². The second-order valence-corrected chi connectivity index (χ2v) is 3.66. The third-order valence-corrected chi connectivity index (χ3v) is 2.19. The van der Waals surface area contributed by atoms with Crippen molar-refractivity contribution in [1.82, 2.24) is 0 Å². The fraction of sp³-hybridized carbons (Fsp3) is 0.545. The van der Waals surface area contributed by atoms with Gasteiger partial charge in [0, 0.05) is 0 Å². The van der Waals surface area contributed by atoms with Gasteiger partial charge in [0.2, 0.25) is 0 Å². The van der Waals surface area contributed by atoms with Crippen LogP contribution in [0.15, 0.2) is 11.6 Å². The minimum atomic E-state index is -1.34. The number of hydrogen-bond acceptors (Lipinski definition) is 2. The molecule has 0 rings (SSSR count). The Balaban J connectivity index is 4.27. The van der Waals surface area contributed by atoms with Crippen molar-refractivity contribution < 1.29 is 19.8 Å². The summed E-state index contributed by atoms with van der Waals surface area (Å²) in [5, 5.41) is 17.4. The minimum absolute atomic E-state index is 0.407. The molecule has 2 radical (unpaired) electrons. The smallest absolute Gasteiger partial charge is 0.318 e. The molecule has 0 amide bonds. The molecule has 84 valence electrons. The highest BCUT2D eigenvalue weighted by Crippen LogP contribution is 2.18. The third-order valence-electron chi connectivity index (χ3n) is 2.19. The molecule has 1 atom stereocenters. The number of rotatable bonds is 6. The van der Waals surface area contributed by atoms with Crippen LogP contribution < -0.4 is 0 Å². The van der Waals surface area contributed by atoms with Gasteiger partial charge >= 0.3 is 11.9 Å². The van der Waals surface area contributed by atoms with Gasteiger partial charge in [-0.15, -0.1) is 0 Å². The monoisotopic (exact) mass is 212 g/mol. The molecule has 4 heteroatoms. The van der Waals surface area contributed by atoms with Crippen LogP contribution in [0.5, 0.6) is 0 Å². The summed E-state index contributed by atoms with van der Waals surface area (Å²) in [6.07, 6.45) is 2.86. The minimum Gasteiger partial charge on any atom is -0.481 e. The first kappa shape index (κ1) is 13.7. The summed E-state index contributed by atoms with van der Waals surface area (Å²) in [5.74, 6) is -4.32. The average Bonchev–Trinajstić information content (AvgIpc) is 2.01. The molecule has 0 heterocycles. The van der Waals surface area contributed by atoms with E-state index >= 15 is 0 Å². The fourth-order valence-corrected chi connectivity index (χ4v) is 1.33. The molecule has 0 aromatic heterocycles. The molecule has 0 spiro atoms. The summed E-state index contributed by atoms with van der Waals surface area (Å²) in [7, 11) is 0. The predicted molar refractivity (Wildman–Crippen MR) is 55.2 cm³/mol. The Morgan fingerprint density at radius 2 is 1.80 bits per heavy atom. The summed E-state index contributed by atoms with van der Waals surface area (Å²) < 4.78 is 0. The highest BCUT2D eigenvalue weighted by molar-refractivity contribution is 5.93. The van der Waals surface area contributed by atoms with Crippen LogP contribution in [-0.4, -0.2) is 22.2 Å². The first-order valence-electron chi connectivity index (χ1n) is 4.74. The van der Waals surface area contributed by atoms with Crippen molar-refractivity contribution in [2.45, 2.75) is 26.7 Å². The van der Waals surface area contributed by atoms with Crippen molar-refractivity contribution in [1.29, 1.82) is 0 Å². The summed E-state index contributed by atoms with van der Waals surface area (Å²) in [4.78, 5) is 21.3. The molecule has 0 fully saturated rings. The van der Waals surface area contributed by atoms with E-state index in [1.807, 2.05) is 0 Å². The maximum absolute atomic E-state index is 10.7. The standard InChI is InChI=1S/C11H16O4/c1-7(2)5-4-6-8(3)9(10(12)13)11(14)15/h1,5,8-9H,4,6H2,2-3H3,(H,12,13)(H,14,15)/b7-5-. The summed E-state index contributed by atoms with van der Waals surface area (Å²) in [6.45, 7) is 8.75. The number of carboxylic acid groups (broad SMARTS) is 2. The second-order valence-electron chi connectivity index (χ2n) is 3.66. The zero-order valence-electron chi connectivity index (χ0n) is 8.93. The van der Waals surface area contributed by atoms with Gasteiger partial charge in [-0.05, 0) is 32.6 Å². The van der Waals surface area contributed by atoms with Gasteiger partial charge in [-0.3, -0.25) is 9.59 Å². The summed E-state index contributed by atoms with van der Waals surface area (Å²) >= 11 is 0. The van der Waals surface area contributed by atoms with Gasteiger partial charge < -0.3 is 10.2 Å². The van der Waals surface area contributed by atoms with Gasteiger partial charge in [0.05, 0.1) is 0 Å². The fourth-order valence-electron chi connectivity index (χ4n) is 1.33. The Bertz CT molecular complexity index is 250. The number of carboxylic acids is 2. The zero-order chi connectivity index (χ0) is 12.0. The maximum atomic E-state index is 10.7. The zero-order valence-corrected chi connectivity index (χ0v) is 8.93. The number of aliphatic carboxylic acids is 2. The lowest BCUT2D eigenvalue weighted by atomic mass is 9.90. The van der Waals surface area contributed by atoms with Gasteiger partial charge in [0.1, 0.15) is 0 Å². The Morgan fingerprint density at radius 1 is 1.33 bits per heavy atom. The van der Waals surface area contributed by atoms with E-state index in [1.165, 1.54) is 0 Å². The quantitative estimate of drug-likeness (QED) is 0.659. The predicted octanol–water partition coefficient (Wildman–Crippen LogP) is 1.85. The van der Waals surface area contributed by atoms with Crippen LogP contribution in [0, 0.1) is 18.8 Å². The third kappa shape index (κ3) is 5.20. The molecule has 4 nitrogen and oxygen atoms in total. The van der Waals surface area contributed by atoms with Crippen LogP contribution in [-0.2, 0) is 9.59 Å². The molecule has 2 N–H and O–H groups in total. The maximum Gasteiger partial charge on any atom is 0.318 e. The van der Waals surface area contributed by atoms with E-state index in [0.717, 1.165) is 0 Å². The molecular weight excluding hydrogens is 196 g/mol. The Morgan fingerprint density at radius 3 is 2.13 bits per heavy atom. The van der Waals surface area contributed by atoms with Crippen LogP contribution in [0.25, 0.3) is 0 Å². The van der Waals surface area contributed by atoms with Crippen molar-refractivity contribution in [3.05, 3.63) is 18.6 Å². The molecule has 0 aliphatic heterocycles. The first-order valence-corrected chi connectivity index (χ1v) is 4.74. The Labute approximate surface area is 89.6 Å². The van der Waals surface area contributed by atoms with Crippen LogP contribution >= 0.6 is 0 Å². The van der Waals surface area contributed by atoms with Crippen LogP contribution in [0.2, 0.25) is 0 Å². The lowest BCUT2D eigenvalue weighted by Gasteiger charge is -2.15. The Kier molecular flexibility index (Phi) is 5.67. The molecule has 0 saturated heterocycles. The normalized spacial score (nSPS) is 14.0. The van der Waals surface area contributed by atoms with E-state index in [4.69, 9.17) is 17.1 Å². The highest BCUT2D eigenvalue weighted by Gasteiger charge is 2.31. The first-order chi connectivity index (χ1) is 6.86. The largest absolute Gasteiger partial charge is 0.481 e. The van der Waals surface area contributed by atoms with Crippen molar-refractivity contribution in [3.63, 3.8) is 0 Å². The SMILES string of the molecule is [CH]/C(C)=C/CCC(C)C(C(=O)O)C(=O)O. The van der Waals surface area contributed by atoms with Gasteiger partial charge in [0.15, 0.2) is 5.92 Å². The van der Waals surface area contributed by atoms with Crippen LogP contribution in [0.3, 0.4) is 0 Å². The molecule has 1 unspecified atom stereocenters.